The van der Waals surface area contributed by atoms with Gasteiger partial charge in [-0.25, -0.2) is 0 Å². The van der Waals surface area contributed by atoms with Crippen molar-refractivity contribution < 1.29 is 93.8 Å². The van der Waals surface area contributed by atoms with Crippen molar-refractivity contribution in [3.63, 3.8) is 0 Å². The summed E-state index contributed by atoms with van der Waals surface area (Å²) in [5, 5.41) is 2.03. The average molecular weight is 654 g/mol. The summed E-state index contributed by atoms with van der Waals surface area (Å²) < 4.78 is 223. The van der Waals surface area contributed by atoms with Crippen molar-refractivity contribution in [2.45, 2.75) is 60.5 Å². The third kappa shape index (κ3) is 5.90. The maximum absolute atomic E-state index is 13.7. The van der Waals surface area contributed by atoms with E-state index < -0.39 is 78.8 Å². The van der Waals surface area contributed by atoms with Crippen LogP contribution in [0.2, 0.25) is 0 Å². The first kappa shape index (κ1) is 36.6. The summed E-state index contributed by atoms with van der Waals surface area (Å²) in [7, 11) is 0. The zero-order valence-electron chi connectivity index (χ0n) is 19.4. The van der Waals surface area contributed by atoms with E-state index in [9.17, 15) is 93.8 Å². The summed E-state index contributed by atoms with van der Waals surface area (Å²) in [6.07, 6.45) is -8.65. The second kappa shape index (κ2) is 11.0. The van der Waals surface area contributed by atoms with Crippen molar-refractivity contribution in [3.8, 4) is 0 Å². The van der Waals surface area contributed by atoms with Gasteiger partial charge in [0.15, 0.2) is 0 Å². The van der Waals surface area contributed by atoms with Crippen LogP contribution < -0.4 is 5.32 Å². The molecule has 4 amide bonds. The molecule has 0 bridgehead atoms. The van der Waals surface area contributed by atoms with E-state index in [0.717, 1.165) is 0 Å². The highest BCUT2D eigenvalue weighted by Gasteiger charge is 2.95. The van der Waals surface area contributed by atoms with Gasteiger partial charge in [-0.2, -0.15) is 74.6 Å². The molecule has 23 heteroatoms. The summed E-state index contributed by atoms with van der Waals surface area (Å²) in [6.45, 7) is -1.25. The lowest BCUT2D eigenvalue weighted by atomic mass is 9.88. The van der Waals surface area contributed by atoms with Crippen LogP contribution in [0.15, 0.2) is 24.3 Å². The third-order valence-corrected chi connectivity index (χ3v) is 5.19. The molecular formula is C19H11F17N2O4. The number of hydrogen-bond acceptors (Lipinski definition) is 4. The first-order valence-electron chi connectivity index (χ1n) is 10.2. The molecule has 0 saturated carbocycles. The number of alkyl halides is 17. The molecule has 0 fully saturated rings. The number of amides is 4. The van der Waals surface area contributed by atoms with Crippen molar-refractivity contribution in [1.82, 2.24) is 10.2 Å². The molecular weight excluding hydrogens is 643 g/mol. The zero-order chi connectivity index (χ0) is 33.5. The largest absolute Gasteiger partial charge is 0.460 e. The fourth-order valence-corrected chi connectivity index (χ4v) is 2.82. The summed E-state index contributed by atoms with van der Waals surface area (Å²) in [6, 6.07) is 0. The van der Waals surface area contributed by atoms with E-state index in [-0.39, 0.29) is 16.7 Å². The second-order valence-electron chi connectivity index (χ2n) is 8.10. The maximum Gasteiger partial charge on any atom is 0.460 e. The number of hydrogen-bond donors (Lipinski definition) is 1. The monoisotopic (exact) mass is 654 g/mol. The van der Waals surface area contributed by atoms with Crippen LogP contribution in [0.25, 0.3) is 0 Å². The van der Waals surface area contributed by atoms with Crippen LogP contribution in [0.1, 0.15) is 12.8 Å². The minimum Gasteiger partial charge on any atom is -0.289 e. The average Bonchev–Trinajstić information content (AvgIpc) is 3.35. The smallest absolute Gasteiger partial charge is 0.289 e. The lowest BCUT2D eigenvalue weighted by Crippen LogP contribution is -2.74. The minimum atomic E-state index is -8.68. The molecule has 0 atom stereocenters. The Morgan fingerprint density at radius 1 is 0.500 bits per heavy atom. The van der Waals surface area contributed by atoms with Crippen LogP contribution in [-0.2, 0) is 19.2 Å². The Balaban J connectivity index is 0.00000109. The van der Waals surface area contributed by atoms with Gasteiger partial charge in [-0.05, 0) is 6.42 Å². The Bertz CT molecular complexity index is 1120. The van der Waals surface area contributed by atoms with Gasteiger partial charge in [0.2, 0.25) is 0 Å². The first-order chi connectivity index (χ1) is 18.4. The minimum absolute atomic E-state index is 0.0505. The van der Waals surface area contributed by atoms with Gasteiger partial charge in [-0.1, -0.05) is 0 Å². The third-order valence-electron chi connectivity index (χ3n) is 5.19. The highest BCUT2D eigenvalue weighted by atomic mass is 19.4. The molecule has 2 aliphatic rings. The van der Waals surface area contributed by atoms with Crippen LogP contribution in [0.3, 0.4) is 0 Å². The van der Waals surface area contributed by atoms with Crippen LogP contribution in [0.4, 0.5) is 74.6 Å². The molecule has 1 N–H and O–H groups in total. The molecule has 42 heavy (non-hydrogen) atoms. The molecule has 2 rings (SSSR count). The molecule has 2 heterocycles. The molecule has 0 aliphatic carbocycles. The molecule has 0 aromatic rings. The molecule has 0 unspecified atom stereocenters. The van der Waals surface area contributed by atoms with Gasteiger partial charge in [-0.15, -0.1) is 0 Å². The van der Waals surface area contributed by atoms with E-state index >= 15 is 0 Å². The Labute approximate surface area is 220 Å². The lowest BCUT2D eigenvalue weighted by Gasteiger charge is -2.42. The second-order valence-corrected chi connectivity index (χ2v) is 8.10. The molecule has 0 radical (unpaired) electrons. The van der Waals surface area contributed by atoms with Crippen molar-refractivity contribution in [2.24, 2.45) is 0 Å². The molecule has 2 aliphatic heterocycles. The number of rotatable bonds is 10. The predicted octanol–water partition coefficient (Wildman–Crippen LogP) is 4.90. The SMILES string of the molecule is O=C1C=CC(=O)N1.O=C1C=CC(=O)N1CCCC(F)(F)C(F)(F)C(F)(F)C(F)(F)C(F)(F)C(F)(F)C(F)(F)C(F)(F)F. The van der Waals surface area contributed by atoms with E-state index in [1.54, 1.807) is 0 Å². The van der Waals surface area contributed by atoms with Gasteiger partial charge in [0.25, 0.3) is 23.6 Å². The molecule has 0 aromatic heterocycles. The van der Waals surface area contributed by atoms with Crippen molar-refractivity contribution >= 4 is 23.6 Å². The number of nitrogens with zero attached hydrogens (tertiary/aromatic N) is 1. The number of nitrogens with one attached hydrogen (secondary N) is 1. The predicted molar refractivity (Wildman–Crippen MR) is 98.1 cm³/mol. The van der Waals surface area contributed by atoms with E-state index in [1.165, 1.54) is 12.2 Å². The van der Waals surface area contributed by atoms with E-state index in [2.05, 4.69) is 0 Å². The van der Waals surface area contributed by atoms with E-state index in [0.29, 0.717) is 12.2 Å². The van der Waals surface area contributed by atoms with Gasteiger partial charge in [0, 0.05) is 37.3 Å². The maximum atomic E-state index is 13.7. The highest BCUT2D eigenvalue weighted by molar-refractivity contribution is 6.13. The Morgan fingerprint density at radius 2 is 0.833 bits per heavy atom. The topological polar surface area (TPSA) is 83.5 Å². The number of carbonyl (C=O) groups is 4. The van der Waals surface area contributed by atoms with Crippen LogP contribution in [-0.4, -0.2) is 82.7 Å². The fraction of sp³-hybridized carbons (Fsp3) is 0.579. The summed E-state index contributed by atoms with van der Waals surface area (Å²) >= 11 is 0. The van der Waals surface area contributed by atoms with Gasteiger partial charge >= 0.3 is 47.6 Å². The van der Waals surface area contributed by atoms with Crippen molar-refractivity contribution in [3.05, 3.63) is 24.3 Å². The first-order valence-corrected chi connectivity index (χ1v) is 10.2. The molecule has 240 valence electrons. The van der Waals surface area contributed by atoms with Gasteiger partial charge in [0.1, 0.15) is 0 Å². The molecule has 0 saturated heterocycles. The number of imide groups is 2. The summed E-state index contributed by atoms with van der Waals surface area (Å²) in [4.78, 5) is 42.4. The van der Waals surface area contributed by atoms with Gasteiger partial charge in [0.05, 0.1) is 0 Å². The van der Waals surface area contributed by atoms with Crippen molar-refractivity contribution in [1.29, 1.82) is 0 Å². The van der Waals surface area contributed by atoms with Crippen LogP contribution >= 0.6 is 0 Å². The highest BCUT2D eigenvalue weighted by Crippen LogP contribution is 2.64. The molecule has 6 nitrogen and oxygen atoms in total. The van der Waals surface area contributed by atoms with Gasteiger partial charge in [-0.3, -0.25) is 29.4 Å². The lowest BCUT2D eigenvalue weighted by molar-refractivity contribution is -0.461. The summed E-state index contributed by atoms with van der Waals surface area (Å²) in [5.41, 5.74) is 0. The van der Waals surface area contributed by atoms with Crippen molar-refractivity contribution in [2.75, 3.05) is 6.54 Å². The van der Waals surface area contributed by atoms with Crippen LogP contribution in [0, 0.1) is 0 Å². The van der Waals surface area contributed by atoms with E-state index in [4.69, 9.17) is 0 Å². The number of carbonyl (C=O) groups excluding carboxylic acids is 4. The molecule has 0 aromatic carbocycles. The Morgan fingerprint density at radius 3 is 1.14 bits per heavy atom. The van der Waals surface area contributed by atoms with Crippen LogP contribution in [0.5, 0.6) is 0 Å². The quantitative estimate of drug-likeness (QED) is 0.269. The van der Waals surface area contributed by atoms with E-state index in [1.807, 2.05) is 5.32 Å². The zero-order valence-corrected chi connectivity index (χ0v) is 19.4. The standard InChI is InChI=1S/C15H8F17NO2.C4H3NO2/c16-8(17,4-1-5-33-6(34)2-3-7(33)35)9(18,19)10(20,21)11(22,23)12(24,25)13(26,27)14(28,29)15(30,31)32;6-3-1-2-4(7)5-3/h2-3H,1,4-5H2;1-2H,(H,5,6,7). The van der Waals surface area contributed by atoms with Gasteiger partial charge < -0.3 is 0 Å². The Kier molecular flexibility index (Phi) is 9.59. The normalized spacial score (nSPS) is 17.6. The fourth-order valence-electron chi connectivity index (χ4n) is 2.82. The molecule has 0 spiro atoms. The number of halogens is 17. The Hall–Kier alpha value is -3.43. The summed E-state index contributed by atoms with van der Waals surface area (Å²) in [5.74, 6) is -59.9.